The number of hydrogen-bond donors (Lipinski definition) is 1. The maximum absolute atomic E-state index is 12.7. The van der Waals surface area contributed by atoms with Crippen molar-refractivity contribution in [3.05, 3.63) is 59.9 Å². The molecule has 3 nitrogen and oxygen atoms in total. The van der Waals surface area contributed by atoms with E-state index in [-0.39, 0.29) is 5.75 Å². The topological polar surface area (TPSA) is 48.1 Å². The van der Waals surface area contributed by atoms with Crippen LogP contribution in [0.3, 0.4) is 0 Å². The summed E-state index contributed by atoms with van der Waals surface area (Å²) in [6.45, 7) is 1.72. The van der Waals surface area contributed by atoms with E-state index in [0.717, 1.165) is 12.1 Å². The van der Waals surface area contributed by atoms with Crippen LogP contribution in [-0.2, 0) is 6.18 Å². The maximum Gasteiger partial charge on any atom is 0.416 e. The summed E-state index contributed by atoms with van der Waals surface area (Å²) in [6, 6.07) is 9.53. The van der Waals surface area contributed by atoms with Gasteiger partial charge in [-0.25, -0.2) is 0 Å². The Morgan fingerprint density at radius 1 is 1.14 bits per heavy atom. The van der Waals surface area contributed by atoms with Gasteiger partial charge in [0.2, 0.25) is 0 Å². The number of rotatable bonds is 4. The first-order valence-electron chi connectivity index (χ1n) is 6.38. The van der Waals surface area contributed by atoms with Crippen molar-refractivity contribution in [1.29, 1.82) is 0 Å². The fourth-order valence-corrected chi connectivity index (χ4v) is 1.87. The zero-order valence-electron chi connectivity index (χ0n) is 11.3. The van der Waals surface area contributed by atoms with Crippen molar-refractivity contribution >= 4 is 0 Å². The van der Waals surface area contributed by atoms with Crippen molar-refractivity contribution in [2.24, 2.45) is 5.73 Å². The van der Waals surface area contributed by atoms with Gasteiger partial charge in [0.25, 0.3) is 0 Å². The number of nitrogens with zero attached hydrogens (tertiary/aromatic N) is 1. The fourth-order valence-electron chi connectivity index (χ4n) is 1.87. The molecule has 6 heteroatoms. The average Bonchev–Trinajstić information content (AvgIpc) is 2.45. The van der Waals surface area contributed by atoms with E-state index in [1.54, 1.807) is 31.3 Å². The van der Waals surface area contributed by atoms with Crippen molar-refractivity contribution in [2.75, 3.05) is 0 Å². The summed E-state index contributed by atoms with van der Waals surface area (Å²) < 4.78 is 43.7. The molecule has 0 bridgehead atoms. The van der Waals surface area contributed by atoms with Crippen molar-refractivity contribution < 1.29 is 17.9 Å². The number of ether oxygens (including phenoxy) is 1. The number of hydrogen-bond acceptors (Lipinski definition) is 3. The number of aromatic nitrogens is 1. The smallest absolute Gasteiger partial charge is 0.416 e. The van der Waals surface area contributed by atoms with Gasteiger partial charge in [-0.1, -0.05) is 12.1 Å². The minimum Gasteiger partial charge on any atom is -0.482 e. The molecule has 0 aliphatic heterocycles. The van der Waals surface area contributed by atoms with Crippen molar-refractivity contribution in [3.63, 3.8) is 0 Å². The summed E-state index contributed by atoms with van der Waals surface area (Å²) >= 11 is 0. The quantitative estimate of drug-likeness (QED) is 0.938. The molecule has 2 unspecified atom stereocenters. The highest BCUT2D eigenvalue weighted by Gasteiger charge is 2.31. The predicted octanol–water partition coefficient (Wildman–Crippen LogP) is 3.57. The van der Waals surface area contributed by atoms with Gasteiger partial charge < -0.3 is 10.5 Å². The third-order valence-corrected chi connectivity index (χ3v) is 2.88. The Labute approximate surface area is 120 Å². The van der Waals surface area contributed by atoms with E-state index >= 15 is 0 Å². The molecule has 2 N–H and O–H groups in total. The van der Waals surface area contributed by atoms with Gasteiger partial charge in [0.05, 0.1) is 11.3 Å². The van der Waals surface area contributed by atoms with Crippen LogP contribution in [0.15, 0.2) is 48.7 Å². The summed E-state index contributed by atoms with van der Waals surface area (Å²) in [7, 11) is 0. The van der Waals surface area contributed by atoms with Crippen molar-refractivity contribution in [2.45, 2.75) is 25.2 Å². The van der Waals surface area contributed by atoms with E-state index in [1.807, 2.05) is 0 Å². The third-order valence-electron chi connectivity index (χ3n) is 2.88. The molecule has 0 saturated heterocycles. The monoisotopic (exact) mass is 296 g/mol. The Morgan fingerprint density at radius 3 is 2.48 bits per heavy atom. The highest BCUT2D eigenvalue weighted by molar-refractivity contribution is 5.31. The molecule has 2 aromatic rings. The average molecular weight is 296 g/mol. The standard InChI is InChI=1S/C15H15F3N2O/c1-10(19)14(13-7-2-3-8-20-13)21-12-6-4-5-11(9-12)15(16,17)18/h2-10,14H,19H2,1H3. The third kappa shape index (κ3) is 3.95. The first kappa shape index (κ1) is 15.3. The van der Waals surface area contributed by atoms with Gasteiger partial charge >= 0.3 is 6.18 Å². The van der Waals surface area contributed by atoms with E-state index in [2.05, 4.69) is 4.98 Å². The second-order valence-corrected chi connectivity index (χ2v) is 4.68. The molecule has 0 amide bonds. The molecule has 0 aliphatic carbocycles. The summed E-state index contributed by atoms with van der Waals surface area (Å²) in [4.78, 5) is 4.14. The predicted molar refractivity (Wildman–Crippen MR) is 72.7 cm³/mol. The van der Waals surface area contributed by atoms with Gasteiger partial charge in [-0.3, -0.25) is 4.98 Å². The second-order valence-electron chi connectivity index (χ2n) is 4.68. The fraction of sp³-hybridized carbons (Fsp3) is 0.267. The van der Waals surface area contributed by atoms with E-state index in [1.165, 1.54) is 12.1 Å². The zero-order chi connectivity index (χ0) is 15.5. The molecule has 1 aromatic heterocycles. The lowest BCUT2D eigenvalue weighted by Gasteiger charge is -2.22. The molecule has 2 rings (SSSR count). The molecule has 0 fully saturated rings. The second kappa shape index (κ2) is 6.13. The lowest BCUT2D eigenvalue weighted by molar-refractivity contribution is -0.137. The van der Waals surface area contributed by atoms with E-state index in [4.69, 9.17) is 10.5 Å². The van der Waals surface area contributed by atoms with Gasteiger partial charge in [0.15, 0.2) is 6.10 Å². The van der Waals surface area contributed by atoms with Crippen LogP contribution >= 0.6 is 0 Å². The number of halogens is 3. The molecule has 1 aromatic carbocycles. The molecule has 0 radical (unpaired) electrons. The summed E-state index contributed by atoms with van der Waals surface area (Å²) in [5.74, 6) is 0.109. The highest BCUT2D eigenvalue weighted by Crippen LogP contribution is 2.32. The zero-order valence-corrected chi connectivity index (χ0v) is 11.3. The van der Waals surface area contributed by atoms with Crippen LogP contribution in [0.4, 0.5) is 13.2 Å². The molecule has 1 heterocycles. The van der Waals surface area contributed by atoms with Crippen LogP contribution in [0.1, 0.15) is 24.3 Å². The lowest BCUT2D eigenvalue weighted by Crippen LogP contribution is -2.29. The van der Waals surface area contributed by atoms with Crippen LogP contribution in [0.5, 0.6) is 5.75 Å². The Kier molecular flexibility index (Phi) is 4.47. The van der Waals surface area contributed by atoms with Crippen molar-refractivity contribution in [1.82, 2.24) is 4.98 Å². The lowest BCUT2D eigenvalue weighted by atomic mass is 10.1. The van der Waals surface area contributed by atoms with Gasteiger partial charge in [-0.15, -0.1) is 0 Å². The Hall–Kier alpha value is -2.08. The molecule has 0 saturated carbocycles. The molecule has 0 aliphatic rings. The molecule has 21 heavy (non-hydrogen) atoms. The minimum absolute atomic E-state index is 0.109. The van der Waals surface area contributed by atoms with Gasteiger partial charge in [0.1, 0.15) is 5.75 Å². The molecular weight excluding hydrogens is 281 g/mol. The van der Waals surface area contributed by atoms with Gasteiger partial charge in [-0.2, -0.15) is 13.2 Å². The van der Waals surface area contributed by atoms with Crippen LogP contribution in [0.2, 0.25) is 0 Å². The van der Waals surface area contributed by atoms with Crippen LogP contribution in [0.25, 0.3) is 0 Å². The van der Waals surface area contributed by atoms with E-state index in [9.17, 15) is 13.2 Å². The Balaban J connectivity index is 2.26. The van der Waals surface area contributed by atoms with Crippen LogP contribution < -0.4 is 10.5 Å². The summed E-state index contributed by atoms with van der Waals surface area (Å²) in [6.07, 6.45) is -3.44. The van der Waals surface area contributed by atoms with E-state index < -0.39 is 23.9 Å². The van der Waals surface area contributed by atoms with Crippen LogP contribution in [0, 0.1) is 0 Å². The van der Waals surface area contributed by atoms with Crippen LogP contribution in [-0.4, -0.2) is 11.0 Å². The molecule has 2 atom stereocenters. The van der Waals surface area contributed by atoms with Gasteiger partial charge in [-0.05, 0) is 37.3 Å². The number of pyridine rings is 1. The minimum atomic E-state index is -4.41. The number of alkyl halides is 3. The Morgan fingerprint density at radius 2 is 1.90 bits per heavy atom. The normalized spacial score (nSPS) is 14.5. The van der Waals surface area contributed by atoms with Crippen molar-refractivity contribution in [3.8, 4) is 5.75 Å². The van der Waals surface area contributed by atoms with E-state index in [0.29, 0.717) is 5.69 Å². The number of nitrogens with two attached hydrogens (primary N) is 1. The SMILES string of the molecule is CC(N)C(Oc1cccc(C(F)(F)F)c1)c1ccccn1. The molecule has 0 spiro atoms. The summed E-state index contributed by atoms with van der Waals surface area (Å²) in [5, 5.41) is 0. The molecular formula is C15H15F3N2O. The summed E-state index contributed by atoms with van der Waals surface area (Å²) in [5.41, 5.74) is 5.67. The van der Waals surface area contributed by atoms with Gasteiger partial charge in [0, 0.05) is 12.2 Å². The molecule has 112 valence electrons. The maximum atomic E-state index is 12.7. The first-order chi connectivity index (χ1) is 9.88. The highest BCUT2D eigenvalue weighted by atomic mass is 19.4. The Bertz CT molecular complexity index is 585. The largest absolute Gasteiger partial charge is 0.482 e. The first-order valence-corrected chi connectivity index (χ1v) is 6.38. The number of benzene rings is 1.